The summed E-state index contributed by atoms with van der Waals surface area (Å²) in [6, 6.07) is 6.07. The van der Waals surface area contributed by atoms with Gasteiger partial charge in [-0.3, -0.25) is 23.6 Å². The molecule has 0 radical (unpaired) electrons. The molecule has 16 heteroatoms. The van der Waals surface area contributed by atoms with Crippen molar-refractivity contribution in [3.63, 3.8) is 0 Å². The number of aliphatic hydroxyl groups is 1. The van der Waals surface area contributed by atoms with Crippen molar-refractivity contribution in [1.82, 2.24) is 9.21 Å². The lowest BCUT2D eigenvalue weighted by atomic mass is 10.0. The fourth-order valence-electron chi connectivity index (χ4n) is 5.07. The van der Waals surface area contributed by atoms with Gasteiger partial charge in [0.05, 0.1) is 5.02 Å². The third-order valence-electron chi connectivity index (χ3n) is 7.32. The molecule has 2 amide bonds. The highest BCUT2D eigenvalue weighted by molar-refractivity contribution is 8.01. The Bertz CT molecular complexity index is 1550. The number of thioether (sulfide) groups is 2. The summed E-state index contributed by atoms with van der Waals surface area (Å²) in [6.07, 6.45) is -0.613. The maximum atomic E-state index is 13.5. The first-order valence-electron chi connectivity index (χ1n) is 13.8. The zero-order chi connectivity index (χ0) is 33.2. The van der Waals surface area contributed by atoms with E-state index in [-0.39, 0.29) is 35.1 Å². The number of amides is 2. The molecule has 0 spiro atoms. The van der Waals surface area contributed by atoms with Gasteiger partial charge in [-0.2, -0.15) is 4.57 Å². The monoisotopic (exact) mass is 715 g/mol. The van der Waals surface area contributed by atoms with Crippen LogP contribution in [0.5, 0.6) is 0 Å². The number of aromatic nitrogens is 1. The Labute approximate surface area is 283 Å². The molecule has 242 valence electrons. The van der Waals surface area contributed by atoms with Crippen LogP contribution in [0.4, 0.5) is 0 Å². The Morgan fingerprint density at radius 1 is 1.16 bits per heavy atom. The van der Waals surface area contributed by atoms with E-state index < -0.39 is 41.3 Å². The molecular formula is C29H33Cl2N4O7S3+. The Balaban J connectivity index is 1.52. The van der Waals surface area contributed by atoms with Crippen molar-refractivity contribution in [2.24, 2.45) is 5.73 Å². The number of halogens is 2. The summed E-state index contributed by atoms with van der Waals surface area (Å²) >= 11 is 16.6. The number of hydrogen-bond donors (Lipinski definition) is 4. The molecule has 2 aromatic rings. The highest BCUT2D eigenvalue weighted by Gasteiger charge is 2.57. The maximum Gasteiger partial charge on any atom is 0.352 e. The Morgan fingerprint density at radius 2 is 1.82 bits per heavy atom. The van der Waals surface area contributed by atoms with Crippen LogP contribution in [0.25, 0.3) is 0 Å². The molecule has 4 rings (SSSR count). The summed E-state index contributed by atoms with van der Waals surface area (Å²) in [5, 5.41) is 29.0. The molecule has 1 aromatic carbocycles. The lowest BCUT2D eigenvalue weighted by Crippen LogP contribution is -2.70. The van der Waals surface area contributed by atoms with E-state index in [1.54, 1.807) is 6.07 Å². The number of carbonyl (C=O) groups excluding carboxylic acids is 2. The van der Waals surface area contributed by atoms with E-state index >= 15 is 0 Å². The number of aryl methyl sites for hydroxylation is 3. The molecule has 1 unspecified atom stereocenters. The normalized spacial score (nSPS) is 18.4. The smallest absolute Gasteiger partial charge is 0.352 e. The lowest BCUT2D eigenvalue weighted by Gasteiger charge is -2.52. The van der Waals surface area contributed by atoms with Gasteiger partial charge in [-0.25, -0.2) is 4.79 Å². The number of aliphatic hydroxyl groups excluding tert-OH is 1. The van der Waals surface area contributed by atoms with Gasteiger partial charge in [0.25, 0.3) is 5.91 Å². The molecule has 5 N–H and O–H groups in total. The van der Waals surface area contributed by atoms with Gasteiger partial charge in [-0.05, 0) is 41.6 Å². The Hall–Kier alpha value is -2.46. The number of benzene rings is 1. The summed E-state index contributed by atoms with van der Waals surface area (Å²) in [5.74, 6) is -2.43. The number of rotatable bonds is 13. The third kappa shape index (κ3) is 7.92. The fourth-order valence-corrected chi connectivity index (χ4v) is 9.34. The van der Waals surface area contributed by atoms with Gasteiger partial charge in [-0.15, -0.1) is 23.5 Å². The number of carboxylic acids is 2. The molecule has 1 saturated heterocycles. The molecule has 3 atom stereocenters. The quantitative estimate of drug-likeness (QED) is 0.104. The topological polar surface area (TPSA) is 165 Å². The van der Waals surface area contributed by atoms with Crippen molar-refractivity contribution in [2.75, 3.05) is 18.1 Å². The number of pyridine rings is 1. The van der Waals surface area contributed by atoms with Crippen molar-refractivity contribution < 1.29 is 39.1 Å². The van der Waals surface area contributed by atoms with E-state index in [0.717, 1.165) is 28.2 Å². The molecule has 3 heterocycles. The number of aliphatic carboxylic acids is 2. The molecule has 0 aliphatic carbocycles. The zero-order valence-corrected chi connectivity index (χ0v) is 28.6. The van der Waals surface area contributed by atoms with Crippen LogP contribution in [-0.4, -0.2) is 83.8 Å². The molecule has 0 saturated carbocycles. The summed E-state index contributed by atoms with van der Waals surface area (Å²) in [6.45, 7) is 5.69. The van der Waals surface area contributed by atoms with Gasteiger partial charge < -0.3 is 21.1 Å². The lowest BCUT2D eigenvalue weighted by molar-refractivity contribution is -0.714. The van der Waals surface area contributed by atoms with Gasteiger partial charge in [0.15, 0.2) is 24.0 Å². The number of carboxylic acid groups (broad SMARTS) is 2. The summed E-state index contributed by atoms with van der Waals surface area (Å²) < 4.78 is 3.26. The summed E-state index contributed by atoms with van der Waals surface area (Å²) in [5.41, 5.74) is 8.48. The van der Waals surface area contributed by atoms with Crippen molar-refractivity contribution in [3.05, 3.63) is 62.5 Å². The minimum Gasteiger partial charge on any atom is -0.481 e. The standard InChI is InChI=1S/C29H32Cl2N4O7S3/c1-14-6-20(7-15(2)33(14)11-19(37)10-32)43-12-18-13-44-28-26(27(40)34(28)25(18)29(41)42)35(16(3)36)45-23-9-21(30)17(8-22(23)31)4-5-24(38)39/h6-9,19,26,28,37H,4-5,10-13,32H2,1-3H3,(H-,38,39,41,42)/p+1/t19?,26-,28+/m0/s1. The van der Waals surface area contributed by atoms with E-state index in [2.05, 4.69) is 0 Å². The zero-order valence-electron chi connectivity index (χ0n) is 24.7. The first-order chi connectivity index (χ1) is 21.2. The average molecular weight is 717 g/mol. The van der Waals surface area contributed by atoms with Gasteiger partial charge in [0.2, 0.25) is 5.91 Å². The molecule has 11 nitrogen and oxygen atoms in total. The molecule has 2 aliphatic heterocycles. The molecule has 1 fully saturated rings. The second-order valence-corrected chi connectivity index (χ2v) is 14.6. The van der Waals surface area contributed by atoms with Crippen LogP contribution in [0.2, 0.25) is 10.0 Å². The summed E-state index contributed by atoms with van der Waals surface area (Å²) in [7, 11) is 0. The molecule has 0 bridgehead atoms. The van der Waals surface area contributed by atoms with Crippen LogP contribution in [-0.2, 0) is 32.1 Å². The first kappa shape index (κ1) is 35.4. The van der Waals surface area contributed by atoms with Crippen molar-refractivity contribution >= 4 is 82.4 Å². The maximum absolute atomic E-state index is 13.5. The number of fused-ring (bicyclic) bond motifs is 1. The van der Waals surface area contributed by atoms with Gasteiger partial charge in [0.1, 0.15) is 17.2 Å². The number of nitrogens with two attached hydrogens (primary N) is 1. The third-order valence-corrected chi connectivity index (χ3v) is 11.7. The van der Waals surface area contributed by atoms with E-state index in [1.807, 2.05) is 30.5 Å². The van der Waals surface area contributed by atoms with E-state index in [0.29, 0.717) is 34.1 Å². The second-order valence-electron chi connectivity index (χ2n) is 10.6. The SMILES string of the molecule is CC(=O)N(Sc1cc(Cl)c(CCC(=O)O)cc1Cl)[C@H]1C(=O)N2C(C(=O)O)=C(CSc3cc(C)[n+](CC(O)CN)c(C)c3)CS[C@H]12. The number of carbonyl (C=O) groups is 4. The van der Waals surface area contributed by atoms with Crippen molar-refractivity contribution in [3.8, 4) is 0 Å². The second kappa shape index (κ2) is 15.0. The minimum atomic E-state index is -1.22. The number of β-lactam (4-membered cyclic amide) rings is 1. The molecule has 45 heavy (non-hydrogen) atoms. The van der Waals surface area contributed by atoms with Crippen LogP contribution in [0, 0.1) is 13.8 Å². The molecule has 2 aliphatic rings. The van der Waals surface area contributed by atoms with Gasteiger partial charge in [-0.1, -0.05) is 23.2 Å². The predicted octanol–water partition coefficient (Wildman–Crippen LogP) is 3.50. The Morgan fingerprint density at radius 3 is 2.40 bits per heavy atom. The van der Waals surface area contributed by atoms with Crippen LogP contribution in [0.3, 0.4) is 0 Å². The van der Waals surface area contributed by atoms with Crippen molar-refractivity contribution in [2.45, 2.75) is 67.5 Å². The minimum absolute atomic E-state index is 0.0737. The molecular weight excluding hydrogens is 683 g/mol. The van der Waals surface area contributed by atoms with E-state index in [1.165, 1.54) is 45.7 Å². The Kier molecular flexibility index (Phi) is 11.8. The van der Waals surface area contributed by atoms with Crippen LogP contribution in [0.1, 0.15) is 30.3 Å². The van der Waals surface area contributed by atoms with Crippen molar-refractivity contribution in [1.29, 1.82) is 0 Å². The van der Waals surface area contributed by atoms with Crippen LogP contribution < -0.4 is 10.3 Å². The molecule has 1 aromatic heterocycles. The average Bonchev–Trinajstić information content (AvgIpc) is 2.97. The highest BCUT2D eigenvalue weighted by atomic mass is 35.5. The largest absolute Gasteiger partial charge is 0.481 e. The summed E-state index contributed by atoms with van der Waals surface area (Å²) in [4.78, 5) is 52.3. The predicted molar refractivity (Wildman–Crippen MR) is 174 cm³/mol. The van der Waals surface area contributed by atoms with Gasteiger partial charge in [0, 0.05) is 72.2 Å². The number of hydrogen-bond acceptors (Lipinski definition) is 9. The van der Waals surface area contributed by atoms with E-state index in [4.69, 9.17) is 34.0 Å². The van der Waals surface area contributed by atoms with E-state index in [9.17, 15) is 29.4 Å². The first-order valence-corrected chi connectivity index (χ1v) is 17.4. The fraction of sp³-hybridized carbons (Fsp3) is 0.414. The van der Waals surface area contributed by atoms with Gasteiger partial charge >= 0.3 is 11.9 Å². The highest BCUT2D eigenvalue weighted by Crippen LogP contribution is 2.47. The van der Waals surface area contributed by atoms with Crippen LogP contribution >= 0.6 is 58.7 Å². The number of nitrogens with zero attached hydrogens (tertiary/aromatic N) is 3. The van der Waals surface area contributed by atoms with Crippen LogP contribution in [0.15, 0.2) is 45.3 Å².